The Labute approximate surface area is 68.5 Å². The lowest BCUT2D eigenvalue weighted by molar-refractivity contribution is 0.259. The second-order valence-electron chi connectivity index (χ2n) is 2.85. The summed E-state index contributed by atoms with van der Waals surface area (Å²) in [6, 6.07) is 0. The van der Waals surface area contributed by atoms with E-state index in [4.69, 9.17) is 4.74 Å². The van der Waals surface area contributed by atoms with Crippen LogP contribution in [0.1, 0.15) is 26.7 Å². The Morgan fingerprint density at radius 3 is 2.60 bits per heavy atom. The summed E-state index contributed by atoms with van der Waals surface area (Å²) in [6.07, 6.45) is 2.67. The highest BCUT2D eigenvalue weighted by atomic mass is 32.2. The zero-order valence-electron chi connectivity index (χ0n) is 7.22. The van der Waals surface area contributed by atoms with Gasteiger partial charge < -0.3 is 4.74 Å². The van der Waals surface area contributed by atoms with Crippen molar-refractivity contribution in [1.29, 1.82) is 0 Å². The molecule has 0 saturated carbocycles. The zero-order valence-corrected chi connectivity index (χ0v) is 8.04. The van der Waals surface area contributed by atoms with Gasteiger partial charge in [0, 0.05) is 7.11 Å². The Morgan fingerprint density at radius 2 is 2.10 bits per heavy atom. The van der Waals surface area contributed by atoms with Gasteiger partial charge in [-0.2, -0.15) is 0 Å². The van der Waals surface area contributed by atoms with E-state index in [1.54, 1.807) is 7.11 Å². The molecule has 0 N–H and O–H groups in total. The van der Waals surface area contributed by atoms with Crippen LogP contribution < -0.4 is 0 Å². The molecular formula is C8H18OS. The minimum Gasteiger partial charge on any atom is -0.374 e. The molecule has 0 spiro atoms. The van der Waals surface area contributed by atoms with E-state index in [0.29, 0.717) is 0 Å². The highest BCUT2D eigenvalue weighted by molar-refractivity contribution is 7.99. The van der Waals surface area contributed by atoms with Crippen LogP contribution in [-0.4, -0.2) is 18.8 Å². The van der Waals surface area contributed by atoms with E-state index in [1.807, 2.05) is 11.8 Å². The van der Waals surface area contributed by atoms with Gasteiger partial charge in [0.25, 0.3) is 0 Å². The summed E-state index contributed by atoms with van der Waals surface area (Å²) < 4.78 is 4.91. The van der Waals surface area contributed by atoms with Crippen molar-refractivity contribution in [3.8, 4) is 0 Å². The number of thioether (sulfide) groups is 1. The van der Waals surface area contributed by atoms with Gasteiger partial charge in [-0.15, -0.1) is 11.8 Å². The minimum atomic E-state index is 0.845. The summed E-state index contributed by atoms with van der Waals surface area (Å²) in [5.74, 6) is 2.94. The first kappa shape index (κ1) is 10.3. The standard InChI is InChI=1S/C8H18OS/c1-8(2)5-4-6-10-7-9-3/h8H,4-7H2,1-3H3. The highest BCUT2D eigenvalue weighted by Gasteiger charge is 1.93. The third-order valence-electron chi connectivity index (χ3n) is 1.27. The van der Waals surface area contributed by atoms with Crippen LogP contribution in [-0.2, 0) is 4.74 Å². The Morgan fingerprint density at radius 1 is 1.40 bits per heavy atom. The van der Waals surface area contributed by atoms with Gasteiger partial charge in [0.15, 0.2) is 0 Å². The van der Waals surface area contributed by atoms with Crippen molar-refractivity contribution in [3.63, 3.8) is 0 Å². The summed E-state index contributed by atoms with van der Waals surface area (Å²) >= 11 is 1.87. The van der Waals surface area contributed by atoms with Crippen LogP contribution >= 0.6 is 11.8 Å². The molecule has 0 aromatic rings. The van der Waals surface area contributed by atoms with E-state index in [9.17, 15) is 0 Å². The zero-order chi connectivity index (χ0) is 7.82. The van der Waals surface area contributed by atoms with E-state index >= 15 is 0 Å². The smallest absolute Gasteiger partial charge is 0.0917 e. The molecule has 0 bridgehead atoms. The maximum Gasteiger partial charge on any atom is 0.0917 e. The van der Waals surface area contributed by atoms with Crippen molar-refractivity contribution in [2.24, 2.45) is 5.92 Å². The molecule has 62 valence electrons. The second kappa shape index (κ2) is 7.42. The fourth-order valence-electron chi connectivity index (χ4n) is 0.736. The molecule has 0 aliphatic rings. The summed E-state index contributed by atoms with van der Waals surface area (Å²) in [5.41, 5.74) is 0. The Kier molecular flexibility index (Phi) is 7.65. The average Bonchev–Trinajstić information content (AvgIpc) is 1.87. The fraction of sp³-hybridized carbons (Fsp3) is 1.00. The molecule has 0 fully saturated rings. The Hall–Kier alpha value is 0.310. The molecule has 0 amide bonds. The van der Waals surface area contributed by atoms with Gasteiger partial charge in [0.05, 0.1) is 5.94 Å². The molecule has 0 aliphatic carbocycles. The highest BCUT2D eigenvalue weighted by Crippen LogP contribution is 2.08. The maximum atomic E-state index is 4.91. The molecular weight excluding hydrogens is 144 g/mol. The van der Waals surface area contributed by atoms with Crippen molar-refractivity contribution in [3.05, 3.63) is 0 Å². The monoisotopic (exact) mass is 162 g/mol. The third kappa shape index (κ3) is 8.31. The molecule has 10 heavy (non-hydrogen) atoms. The predicted molar refractivity (Wildman–Crippen MR) is 48.4 cm³/mol. The summed E-state index contributed by atoms with van der Waals surface area (Å²) in [4.78, 5) is 0. The van der Waals surface area contributed by atoms with Gasteiger partial charge in [-0.3, -0.25) is 0 Å². The molecule has 0 unspecified atom stereocenters. The first-order valence-electron chi connectivity index (χ1n) is 3.84. The molecule has 0 atom stereocenters. The van der Waals surface area contributed by atoms with Crippen molar-refractivity contribution in [2.45, 2.75) is 26.7 Å². The molecule has 0 aromatic carbocycles. The van der Waals surface area contributed by atoms with Crippen molar-refractivity contribution >= 4 is 11.8 Å². The second-order valence-corrected chi connectivity index (χ2v) is 3.90. The van der Waals surface area contributed by atoms with Gasteiger partial charge in [0.1, 0.15) is 0 Å². The fourth-order valence-corrected chi connectivity index (χ4v) is 1.39. The quantitative estimate of drug-likeness (QED) is 0.439. The van der Waals surface area contributed by atoms with Crippen LogP contribution in [0, 0.1) is 5.92 Å². The molecule has 0 radical (unpaired) electrons. The van der Waals surface area contributed by atoms with Gasteiger partial charge in [-0.1, -0.05) is 20.3 Å². The summed E-state index contributed by atoms with van der Waals surface area (Å²) in [6.45, 7) is 4.53. The van der Waals surface area contributed by atoms with Gasteiger partial charge in [-0.05, 0) is 18.1 Å². The van der Waals surface area contributed by atoms with E-state index in [1.165, 1.54) is 18.6 Å². The van der Waals surface area contributed by atoms with Crippen LogP contribution in [0.15, 0.2) is 0 Å². The number of hydrogen-bond acceptors (Lipinski definition) is 2. The van der Waals surface area contributed by atoms with Crippen LogP contribution in [0.25, 0.3) is 0 Å². The van der Waals surface area contributed by atoms with E-state index < -0.39 is 0 Å². The molecule has 0 aromatic heterocycles. The normalized spacial score (nSPS) is 10.8. The topological polar surface area (TPSA) is 9.23 Å². The SMILES string of the molecule is COCSCCCC(C)C. The van der Waals surface area contributed by atoms with Crippen LogP contribution in [0.3, 0.4) is 0 Å². The van der Waals surface area contributed by atoms with E-state index in [0.717, 1.165) is 11.9 Å². The van der Waals surface area contributed by atoms with E-state index in [2.05, 4.69) is 13.8 Å². The minimum absolute atomic E-state index is 0.845. The first-order valence-corrected chi connectivity index (χ1v) is 4.99. The molecule has 1 nitrogen and oxygen atoms in total. The van der Waals surface area contributed by atoms with Crippen LogP contribution in [0.2, 0.25) is 0 Å². The average molecular weight is 162 g/mol. The molecule has 0 aliphatic heterocycles. The van der Waals surface area contributed by atoms with Crippen molar-refractivity contribution in [1.82, 2.24) is 0 Å². The van der Waals surface area contributed by atoms with E-state index in [-0.39, 0.29) is 0 Å². The maximum absolute atomic E-state index is 4.91. The number of rotatable bonds is 6. The first-order chi connectivity index (χ1) is 4.77. The lowest BCUT2D eigenvalue weighted by Crippen LogP contribution is -1.90. The summed E-state index contributed by atoms with van der Waals surface area (Å²) in [5, 5.41) is 0. The number of ether oxygens (including phenoxy) is 1. The lowest BCUT2D eigenvalue weighted by atomic mass is 10.1. The largest absolute Gasteiger partial charge is 0.374 e. The van der Waals surface area contributed by atoms with Gasteiger partial charge in [-0.25, -0.2) is 0 Å². The Bertz CT molecular complexity index is 64.3. The van der Waals surface area contributed by atoms with Gasteiger partial charge >= 0.3 is 0 Å². The molecule has 0 saturated heterocycles. The number of methoxy groups -OCH3 is 1. The van der Waals surface area contributed by atoms with Gasteiger partial charge in [0.2, 0.25) is 0 Å². The van der Waals surface area contributed by atoms with Crippen LogP contribution in [0.5, 0.6) is 0 Å². The molecule has 0 rings (SSSR count). The third-order valence-corrected chi connectivity index (χ3v) is 2.25. The Balaban J connectivity index is 2.77. The number of hydrogen-bond donors (Lipinski definition) is 0. The predicted octanol–water partition coefficient (Wildman–Crippen LogP) is 2.76. The molecule has 0 heterocycles. The lowest BCUT2D eigenvalue weighted by Gasteiger charge is -2.02. The molecule has 2 heteroatoms. The van der Waals surface area contributed by atoms with Crippen molar-refractivity contribution < 1.29 is 4.74 Å². The van der Waals surface area contributed by atoms with Crippen LogP contribution in [0.4, 0.5) is 0 Å². The van der Waals surface area contributed by atoms with Crippen molar-refractivity contribution in [2.75, 3.05) is 18.8 Å². The summed E-state index contributed by atoms with van der Waals surface area (Å²) in [7, 11) is 1.75.